The van der Waals surface area contributed by atoms with Crippen molar-refractivity contribution in [2.24, 2.45) is 0 Å². The van der Waals surface area contributed by atoms with E-state index in [1.807, 2.05) is 0 Å². The zero-order chi connectivity index (χ0) is 7.56. The summed E-state index contributed by atoms with van der Waals surface area (Å²) in [5, 5.41) is 17.1. The summed E-state index contributed by atoms with van der Waals surface area (Å²) in [4.78, 5) is 10.2. The number of aromatic carboxylic acids is 1. The number of hydrogen-bond acceptors (Lipinski definition) is 2. The third-order valence-corrected chi connectivity index (χ3v) is 1.11. The van der Waals surface area contributed by atoms with Gasteiger partial charge in [0, 0.05) is 22.4 Å². The molecule has 0 aliphatic carbocycles. The van der Waals surface area contributed by atoms with Gasteiger partial charge in [0.1, 0.15) is 5.75 Å². The molecule has 2 N–H and O–H groups in total. The van der Waals surface area contributed by atoms with E-state index >= 15 is 0 Å². The number of carboxylic acid groups (broad SMARTS) is 1. The molecule has 1 rings (SSSR count). The number of benzene rings is 1. The normalized spacial score (nSPS) is 8.36. The zero-order valence-corrected chi connectivity index (χ0v) is 7.58. The maximum Gasteiger partial charge on any atom is 0.335 e. The van der Waals surface area contributed by atoms with Gasteiger partial charge in [0.2, 0.25) is 0 Å². The van der Waals surface area contributed by atoms with E-state index in [1.54, 1.807) is 0 Å². The standard InChI is InChI=1S/C7H6O3.Au/c8-6-3-1-5(2-4-6)7(9)10;/h1-4,8H,(H,9,10);. The van der Waals surface area contributed by atoms with Crippen molar-refractivity contribution in [2.45, 2.75) is 0 Å². The molecule has 0 bridgehead atoms. The first-order valence-electron chi connectivity index (χ1n) is 2.72. The number of aromatic hydroxyl groups is 1. The molecule has 1 radical (unpaired) electrons. The maximum absolute atomic E-state index is 10.2. The fourth-order valence-corrected chi connectivity index (χ4v) is 0.604. The average Bonchev–Trinajstić information content (AvgIpc) is 1.88. The Balaban J connectivity index is 0.000001000. The first kappa shape index (κ1) is 10.2. The van der Waals surface area contributed by atoms with Gasteiger partial charge in [-0.1, -0.05) is 0 Å². The second kappa shape index (κ2) is 4.18. The Morgan fingerprint density at radius 2 is 1.64 bits per heavy atom. The largest absolute Gasteiger partial charge is 0.508 e. The van der Waals surface area contributed by atoms with E-state index in [2.05, 4.69) is 0 Å². The molecular formula is C7H6AuO3. The quantitative estimate of drug-likeness (QED) is 0.756. The number of carbonyl (C=O) groups is 1. The predicted octanol–water partition coefficient (Wildman–Crippen LogP) is 1.09. The van der Waals surface area contributed by atoms with Gasteiger partial charge < -0.3 is 10.2 Å². The Morgan fingerprint density at radius 3 is 2.00 bits per heavy atom. The van der Waals surface area contributed by atoms with Crippen LogP contribution in [0.25, 0.3) is 0 Å². The summed E-state index contributed by atoms with van der Waals surface area (Å²) in [6, 6.07) is 5.36. The van der Waals surface area contributed by atoms with Crippen molar-refractivity contribution in [3.8, 4) is 5.75 Å². The van der Waals surface area contributed by atoms with E-state index < -0.39 is 5.97 Å². The van der Waals surface area contributed by atoms with Crippen LogP contribution < -0.4 is 0 Å². The number of carboxylic acids is 1. The SMILES string of the molecule is O=C(O)c1ccc(O)cc1.[Au]. The van der Waals surface area contributed by atoms with Gasteiger partial charge in [-0.25, -0.2) is 4.79 Å². The Morgan fingerprint density at radius 1 is 1.18 bits per heavy atom. The van der Waals surface area contributed by atoms with E-state index in [0.717, 1.165) is 0 Å². The molecule has 0 aliphatic rings. The van der Waals surface area contributed by atoms with Crippen LogP contribution in [0.4, 0.5) is 0 Å². The van der Waals surface area contributed by atoms with Gasteiger partial charge in [0.25, 0.3) is 0 Å². The molecule has 1 aromatic carbocycles. The number of hydrogen-bond donors (Lipinski definition) is 2. The minimum atomic E-state index is -0.986. The minimum absolute atomic E-state index is 0. The molecule has 63 valence electrons. The Hall–Kier alpha value is -0.770. The summed E-state index contributed by atoms with van der Waals surface area (Å²) in [7, 11) is 0. The summed E-state index contributed by atoms with van der Waals surface area (Å²) in [6.07, 6.45) is 0. The molecule has 0 atom stereocenters. The summed E-state index contributed by atoms with van der Waals surface area (Å²) in [6.45, 7) is 0. The van der Waals surface area contributed by atoms with Crippen molar-refractivity contribution in [2.75, 3.05) is 0 Å². The van der Waals surface area contributed by atoms with Crippen LogP contribution in [0.3, 0.4) is 0 Å². The minimum Gasteiger partial charge on any atom is -0.508 e. The van der Waals surface area contributed by atoms with Crippen LogP contribution in [0, 0.1) is 0 Å². The number of phenols is 1. The third kappa shape index (κ3) is 2.76. The first-order valence-corrected chi connectivity index (χ1v) is 2.72. The molecule has 0 aromatic heterocycles. The molecule has 0 saturated heterocycles. The van der Waals surface area contributed by atoms with E-state index in [0.29, 0.717) is 0 Å². The van der Waals surface area contributed by atoms with Gasteiger partial charge in [-0.3, -0.25) is 0 Å². The average molecular weight is 335 g/mol. The molecule has 0 unspecified atom stereocenters. The molecule has 3 nitrogen and oxygen atoms in total. The van der Waals surface area contributed by atoms with Gasteiger partial charge in [0.15, 0.2) is 0 Å². The van der Waals surface area contributed by atoms with Crippen LogP contribution in [0.5, 0.6) is 5.75 Å². The predicted molar refractivity (Wildman–Crippen MR) is 35.1 cm³/mol. The Kier molecular flexibility index (Phi) is 3.89. The Bertz CT molecular complexity index is 242. The molecule has 0 amide bonds. The van der Waals surface area contributed by atoms with Gasteiger partial charge in [-0.2, -0.15) is 0 Å². The van der Waals surface area contributed by atoms with Gasteiger partial charge in [-0.05, 0) is 24.3 Å². The van der Waals surface area contributed by atoms with Gasteiger partial charge in [-0.15, -0.1) is 0 Å². The van der Waals surface area contributed by atoms with Crippen LogP contribution in [-0.2, 0) is 22.4 Å². The van der Waals surface area contributed by atoms with Gasteiger partial charge >= 0.3 is 5.97 Å². The van der Waals surface area contributed by atoms with Crippen LogP contribution in [0.1, 0.15) is 10.4 Å². The topological polar surface area (TPSA) is 57.5 Å². The van der Waals surface area contributed by atoms with Crippen LogP contribution in [0.15, 0.2) is 24.3 Å². The van der Waals surface area contributed by atoms with E-state index in [4.69, 9.17) is 10.2 Å². The van der Waals surface area contributed by atoms with E-state index in [9.17, 15) is 4.79 Å². The van der Waals surface area contributed by atoms with Crippen LogP contribution >= 0.6 is 0 Å². The van der Waals surface area contributed by atoms with E-state index in [-0.39, 0.29) is 33.7 Å². The fourth-order valence-electron chi connectivity index (χ4n) is 0.604. The van der Waals surface area contributed by atoms with Crippen LogP contribution in [0.2, 0.25) is 0 Å². The van der Waals surface area contributed by atoms with Crippen molar-refractivity contribution in [1.82, 2.24) is 0 Å². The van der Waals surface area contributed by atoms with E-state index in [1.165, 1.54) is 24.3 Å². The molecule has 11 heavy (non-hydrogen) atoms. The monoisotopic (exact) mass is 335 g/mol. The van der Waals surface area contributed by atoms with Crippen molar-refractivity contribution < 1.29 is 37.4 Å². The van der Waals surface area contributed by atoms with Gasteiger partial charge in [0.05, 0.1) is 5.56 Å². The molecule has 0 spiro atoms. The molecule has 1 aromatic rings. The Labute approximate surface area is 79.2 Å². The summed E-state index contributed by atoms with van der Waals surface area (Å²) in [5.74, 6) is -0.912. The molecule has 0 fully saturated rings. The molecular weight excluding hydrogens is 329 g/mol. The molecule has 0 heterocycles. The summed E-state index contributed by atoms with van der Waals surface area (Å²) in [5.41, 5.74) is 0.179. The van der Waals surface area contributed by atoms with Crippen molar-refractivity contribution in [3.05, 3.63) is 29.8 Å². The molecule has 0 aliphatic heterocycles. The number of rotatable bonds is 1. The van der Waals surface area contributed by atoms with Crippen molar-refractivity contribution in [1.29, 1.82) is 0 Å². The second-order valence-corrected chi connectivity index (χ2v) is 1.85. The maximum atomic E-state index is 10.2. The summed E-state index contributed by atoms with van der Waals surface area (Å²) < 4.78 is 0. The van der Waals surface area contributed by atoms with Crippen LogP contribution in [-0.4, -0.2) is 16.2 Å². The summed E-state index contributed by atoms with van der Waals surface area (Å²) >= 11 is 0. The first-order chi connectivity index (χ1) is 4.70. The molecule has 4 heteroatoms. The second-order valence-electron chi connectivity index (χ2n) is 1.85. The number of phenolic OH excluding ortho intramolecular Hbond substituents is 1. The zero-order valence-electron chi connectivity index (χ0n) is 5.41. The third-order valence-electron chi connectivity index (χ3n) is 1.11. The molecule has 0 saturated carbocycles. The fraction of sp³-hybridized carbons (Fsp3) is 0. The van der Waals surface area contributed by atoms with Crippen molar-refractivity contribution >= 4 is 5.97 Å². The van der Waals surface area contributed by atoms with Crippen molar-refractivity contribution in [3.63, 3.8) is 0 Å². The smallest absolute Gasteiger partial charge is 0.335 e.